The molecule has 0 aromatic heterocycles. The highest BCUT2D eigenvalue weighted by atomic mass is 16.5. The maximum Gasteiger partial charge on any atom is 0.0887 e. The van der Waals surface area contributed by atoms with Crippen LogP contribution in [0.1, 0.15) is 27.2 Å². The van der Waals surface area contributed by atoms with Crippen molar-refractivity contribution in [3.8, 4) is 0 Å². The minimum absolute atomic E-state index is 0.0417. The van der Waals surface area contributed by atoms with Crippen molar-refractivity contribution in [2.75, 3.05) is 6.61 Å². The summed E-state index contributed by atoms with van der Waals surface area (Å²) in [5.74, 6) is 0. The van der Waals surface area contributed by atoms with Gasteiger partial charge in [0.15, 0.2) is 0 Å². The molecule has 0 unspecified atom stereocenters. The molecule has 1 N–H and O–H groups in total. The van der Waals surface area contributed by atoms with Gasteiger partial charge in [-0.05, 0) is 20.3 Å². The van der Waals surface area contributed by atoms with E-state index in [-0.39, 0.29) is 17.6 Å². The fraction of sp³-hybridized carbons (Fsp3) is 0.800. The number of ether oxygens (including phenoxy) is 1. The molecule has 0 spiro atoms. The van der Waals surface area contributed by atoms with Gasteiger partial charge in [-0.2, -0.15) is 0 Å². The molecule has 12 heavy (non-hydrogen) atoms. The first-order valence-corrected chi connectivity index (χ1v) is 4.53. The number of hydrogen-bond acceptors (Lipinski definition) is 2. The van der Waals surface area contributed by atoms with Gasteiger partial charge in [0.25, 0.3) is 0 Å². The Labute approximate surface area is 74.2 Å². The van der Waals surface area contributed by atoms with Crippen LogP contribution in [0.3, 0.4) is 0 Å². The second-order valence-corrected chi connectivity index (χ2v) is 3.78. The molecule has 1 aliphatic rings. The molecule has 2 heteroatoms. The molecule has 1 aliphatic heterocycles. The van der Waals surface area contributed by atoms with E-state index in [9.17, 15) is 5.11 Å². The average molecular weight is 170 g/mol. The first kappa shape index (κ1) is 9.75. The molecule has 1 fully saturated rings. The maximum atomic E-state index is 9.85. The third-order valence-corrected chi connectivity index (χ3v) is 2.69. The molecule has 2 nitrogen and oxygen atoms in total. The monoisotopic (exact) mass is 170 g/mol. The molecule has 0 saturated carbocycles. The zero-order valence-electron chi connectivity index (χ0n) is 8.08. The predicted octanol–water partition coefficient (Wildman–Crippen LogP) is 1.74. The molecular formula is C10H18O2. The number of rotatable bonds is 1. The van der Waals surface area contributed by atoms with Gasteiger partial charge in [-0.15, -0.1) is 0 Å². The van der Waals surface area contributed by atoms with Gasteiger partial charge in [-0.1, -0.05) is 19.1 Å². The molecular weight excluding hydrogens is 152 g/mol. The number of hydrogen-bond donors (Lipinski definition) is 1. The van der Waals surface area contributed by atoms with Crippen LogP contribution in [0, 0.1) is 5.41 Å². The van der Waals surface area contributed by atoms with E-state index in [4.69, 9.17) is 4.74 Å². The third-order valence-electron chi connectivity index (χ3n) is 2.69. The Bertz CT molecular complexity index is 177. The van der Waals surface area contributed by atoms with E-state index in [1.165, 1.54) is 0 Å². The summed E-state index contributed by atoms with van der Waals surface area (Å²) in [6.07, 6.45) is 4.57. The number of aliphatic hydroxyl groups excluding tert-OH is 1. The summed E-state index contributed by atoms with van der Waals surface area (Å²) in [5.41, 5.74) is -0.0909. The Hall–Kier alpha value is -0.340. The topological polar surface area (TPSA) is 29.5 Å². The summed E-state index contributed by atoms with van der Waals surface area (Å²) in [6.45, 7) is 6.74. The molecule has 70 valence electrons. The highest BCUT2D eigenvalue weighted by Gasteiger charge is 2.37. The zero-order valence-corrected chi connectivity index (χ0v) is 8.08. The highest BCUT2D eigenvalue weighted by molar-refractivity contribution is 5.03. The average Bonchev–Trinajstić information content (AvgIpc) is 2.01. The molecule has 0 aromatic rings. The van der Waals surface area contributed by atoms with E-state index in [0.717, 1.165) is 13.0 Å². The van der Waals surface area contributed by atoms with Crippen LogP contribution in [0.2, 0.25) is 0 Å². The lowest BCUT2D eigenvalue weighted by molar-refractivity contribution is -0.117. The Morgan fingerprint density at radius 3 is 2.83 bits per heavy atom. The maximum absolute atomic E-state index is 9.85. The molecule has 0 aromatic carbocycles. The zero-order chi connectivity index (χ0) is 9.19. The van der Waals surface area contributed by atoms with Crippen molar-refractivity contribution in [1.82, 2.24) is 0 Å². The van der Waals surface area contributed by atoms with Crippen LogP contribution in [-0.4, -0.2) is 23.9 Å². The summed E-state index contributed by atoms with van der Waals surface area (Å²) in [4.78, 5) is 0. The molecule has 1 heterocycles. The molecule has 1 saturated heterocycles. The second-order valence-electron chi connectivity index (χ2n) is 3.78. The van der Waals surface area contributed by atoms with Crippen molar-refractivity contribution in [1.29, 1.82) is 0 Å². The van der Waals surface area contributed by atoms with E-state index in [2.05, 4.69) is 13.0 Å². The fourth-order valence-corrected chi connectivity index (χ4v) is 1.80. The van der Waals surface area contributed by atoms with Crippen molar-refractivity contribution in [2.45, 2.75) is 39.4 Å². The summed E-state index contributed by atoms with van der Waals surface area (Å²) in [6, 6.07) is 0. The van der Waals surface area contributed by atoms with Crippen LogP contribution >= 0.6 is 0 Å². The Balaban J connectivity index is 2.73. The van der Waals surface area contributed by atoms with Gasteiger partial charge in [0.05, 0.1) is 12.2 Å². The van der Waals surface area contributed by atoms with Crippen LogP contribution in [0.25, 0.3) is 0 Å². The summed E-state index contributed by atoms with van der Waals surface area (Å²) in [7, 11) is 0. The fourth-order valence-electron chi connectivity index (χ4n) is 1.80. The lowest BCUT2D eigenvalue weighted by atomic mass is 9.77. The Morgan fingerprint density at radius 2 is 2.25 bits per heavy atom. The lowest BCUT2D eigenvalue weighted by Crippen LogP contribution is -2.45. The lowest BCUT2D eigenvalue weighted by Gasteiger charge is -2.39. The van der Waals surface area contributed by atoms with Crippen molar-refractivity contribution in [3.05, 3.63) is 12.2 Å². The van der Waals surface area contributed by atoms with Crippen molar-refractivity contribution < 1.29 is 9.84 Å². The normalized spacial score (nSPS) is 43.7. The van der Waals surface area contributed by atoms with Gasteiger partial charge in [-0.3, -0.25) is 0 Å². The Morgan fingerprint density at radius 1 is 1.58 bits per heavy atom. The van der Waals surface area contributed by atoms with Crippen LogP contribution in [0.5, 0.6) is 0 Å². The van der Waals surface area contributed by atoms with Crippen molar-refractivity contribution in [3.63, 3.8) is 0 Å². The van der Waals surface area contributed by atoms with E-state index in [1.54, 1.807) is 0 Å². The number of allylic oxidation sites excluding steroid dienone is 1. The minimum Gasteiger partial charge on any atom is -0.390 e. The molecule has 0 aliphatic carbocycles. The van der Waals surface area contributed by atoms with Crippen molar-refractivity contribution >= 4 is 0 Å². The SMILES string of the molecule is C/C=C/[C@]1(C)CCO[C@@H](C)[C@@H]1O. The van der Waals surface area contributed by atoms with Crippen LogP contribution in [0.15, 0.2) is 12.2 Å². The van der Waals surface area contributed by atoms with Crippen LogP contribution in [-0.2, 0) is 4.74 Å². The molecule has 1 rings (SSSR count). The summed E-state index contributed by atoms with van der Waals surface area (Å²) in [5, 5.41) is 9.85. The third kappa shape index (κ3) is 1.70. The second kappa shape index (κ2) is 3.58. The highest BCUT2D eigenvalue weighted by Crippen LogP contribution is 2.34. The van der Waals surface area contributed by atoms with Crippen molar-refractivity contribution in [2.24, 2.45) is 5.41 Å². The Kier molecular flexibility index (Phi) is 2.91. The standard InChI is InChI=1S/C10H18O2/c1-4-5-10(3)6-7-12-8(2)9(10)11/h4-5,8-9,11H,6-7H2,1-3H3/b5-4+/t8-,9-,10+/m0/s1. The summed E-state index contributed by atoms with van der Waals surface area (Å²) < 4.78 is 5.35. The van der Waals surface area contributed by atoms with Gasteiger partial charge in [0.2, 0.25) is 0 Å². The van der Waals surface area contributed by atoms with E-state index in [1.807, 2.05) is 19.9 Å². The molecule has 0 radical (unpaired) electrons. The van der Waals surface area contributed by atoms with E-state index in [0.29, 0.717) is 0 Å². The van der Waals surface area contributed by atoms with Gasteiger partial charge in [-0.25, -0.2) is 0 Å². The van der Waals surface area contributed by atoms with E-state index >= 15 is 0 Å². The largest absolute Gasteiger partial charge is 0.390 e. The van der Waals surface area contributed by atoms with Crippen LogP contribution in [0.4, 0.5) is 0 Å². The molecule has 0 amide bonds. The predicted molar refractivity (Wildman–Crippen MR) is 49.0 cm³/mol. The van der Waals surface area contributed by atoms with Gasteiger partial charge in [0, 0.05) is 12.0 Å². The van der Waals surface area contributed by atoms with E-state index < -0.39 is 0 Å². The molecule has 0 bridgehead atoms. The summed E-state index contributed by atoms with van der Waals surface area (Å²) >= 11 is 0. The number of aliphatic hydroxyl groups is 1. The van der Waals surface area contributed by atoms with Gasteiger partial charge >= 0.3 is 0 Å². The first-order valence-electron chi connectivity index (χ1n) is 4.53. The van der Waals surface area contributed by atoms with Crippen LogP contribution < -0.4 is 0 Å². The quantitative estimate of drug-likeness (QED) is 0.607. The molecule has 3 atom stereocenters. The smallest absolute Gasteiger partial charge is 0.0887 e. The van der Waals surface area contributed by atoms with Gasteiger partial charge < -0.3 is 9.84 Å². The van der Waals surface area contributed by atoms with Gasteiger partial charge in [0.1, 0.15) is 0 Å². The minimum atomic E-state index is -0.373. The first-order chi connectivity index (χ1) is 5.60.